The van der Waals surface area contributed by atoms with Crippen molar-refractivity contribution in [3.63, 3.8) is 0 Å². The van der Waals surface area contributed by atoms with Crippen molar-refractivity contribution in [1.29, 1.82) is 0 Å². The van der Waals surface area contributed by atoms with Gasteiger partial charge in [-0.3, -0.25) is 9.78 Å². The molecule has 0 atom stereocenters. The van der Waals surface area contributed by atoms with E-state index in [4.69, 9.17) is 4.74 Å². The van der Waals surface area contributed by atoms with Crippen molar-refractivity contribution in [3.8, 4) is 28.0 Å². The lowest BCUT2D eigenvalue weighted by atomic mass is 10.1. The summed E-state index contributed by atoms with van der Waals surface area (Å²) in [6.45, 7) is 0.391. The third-order valence-corrected chi connectivity index (χ3v) is 5.15. The highest BCUT2D eigenvalue weighted by Crippen LogP contribution is 2.23. The van der Waals surface area contributed by atoms with Gasteiger partial charge in [0.05, 0.1) is 0 Å². The van der Waals surface area contributed by atoms with Gasteiger partial charge in [-0.15, -0.1) is 0 Å². The smallest absolute Gasteiger partial charge is 0.258 e. The van der Waals surface area contributed by atoms with Crippen LogP contribution < -0.4 is 10.1 Å². The first-order valence-electron chi connectivity index (χ1n) is 9.29. The van der Waals surface area contributed by atoms with Crippen LogP contribution in [0.2, 0.25) is 0 Å². The number of nitrogens with zero attached hydrogens (tertiary/aromatic N) is 1. The molecule has 0 fully saturated rings. The Morgan fingerprint density at radius 3 is 2.45 bits per heavy atom. The molecule has 0 unspecified atom stereocenters. The lowest BCUT2D eigenvalue weighted by molar-refractivity contribution is -0.123. The van der Waals surface area contributed by atoms with Crippen LogP contribution in [0.25, 0.3) is 22.3 Å². The van der Waals surface area contributed by atoms with Crippen LogP contribution >= 0.6 is 11.3 Å². The minimum atomic E-state index is -0.168. The van der Waals surface area contributed by atoms with Crippen LogP contribution in [0, 0.1) is 0 Å². The number of carbonyl (C=O) groups excluding carboxylic acids is 1. The number of nitrogens with one attached hydrogen (secondary N) is 1. The van der Waals surface area contributed by atoms with E-state index in [0.717, 1.165) is 27.8 Å². The Morgan fingerprint density at radius 1 is 0.897 bits per heavy atom. The first-order chi connectivity index (χ1) is 14.3. The molecule has 0 radical (unpaired) electrons. The van der Waals surface area contributed by atoms with Crippen molar-refractivity contribution in [2.45, 2.75) is 6.54 Å². The van der Waals surface area contributed by atoms with E-state index < -0.39 is 0 Å². The third-order valence-electron chi connectivity index (χ3n) is 4.47. The van der Waals surface area contributed by atoms with Crippen molar-refractivity contribution in [3.05, 3.63) is 95.4 Å². The zero-order valence-electron chi connectivity index (χ0n) is 15.7. The summed E-state index contributed by atoms with van der Waals surface area (Å²) in [5.74, 6) is 0.499. The molecule has 1 N–H and O–H groups in total. The van der Waals surface area contributed by atoms with Gasteiger partial charge in [-0.1, -0.05) is 42.5 Å². The standard InChI is InChI=1S/C24H20N2O2S/c27-24(26-14-18-12-22(15-25-13-18)21-10-11-29-17-21)16-28-23-8-6-20(7-9-23)19-4-2-1-3-5-19/h1-13,15,17H,14,16H2,(H,26,27). The molecule has 0 bridgehead atoms. The Morgan fingerprint density at radius 2 is 1.69 bits per heavy atom. The average Bonchev–Trinajstić information content (AvgIpc) is 3.33. The summed E-state index contributed by atoms with van der Waals surface area (Å²) in [5.41, 5.74) is 5.40. The number of ether oxygens (including phenoxy) is 1. The van der Waals surface area contributed by atoms with Crippen LogP contribution in [0.3, 0.4) is 0 Å². The summed E-state index contributed by atoms with van der Waals surface area (Å²) in [6.07, 6.45) is 3.59. The molecule has 4 rings (SSSR count). The zero-order valence-corrected chi connectivity index (χ0v) is 16.6. The normalized spacial score (nSPS) is 10.5. The number of benzene rings is 2. The number of hydrogen-bond acceptors (Lipinski definition) is 4. The molecule has 29 heavy (non-hydrogen) atoms. The molecule has 5 heteroatoms. The van der Waals surface area contributed by atoms with E-state index in [9.17, 15) is 4.79 Å². The Bertz CT molecular complexity index is 1060. The maximum Gasteiger partial charge on any atom is 0.258 e. The van der Waals surface area contributed by atoms with Crippen LogP contribution in [-0.4, -0.2) is 17.5 Å². The monoisotopic (exact) mass is 400 g/mol. The second kappa shape index (κ2) is 9.17. The molecule has 0 saturated carbocycles. The van der Waals surface area contributed by atoms with E-state index in [1.165, 1.54) is 0 Å². The summed E-state index contributed by atoms with van der Waals surface area (Å²) in [4.78, 5) is 16.4. The average molecular weight is 401 g/mol. The molecular formula is C24H20N2O2S. The molecule has 4 aromatic rings. The largest absolute Gasteiger partial charge is 0.484 e. The highest BCUT2D eigenvalue weighted by molar-refractivity contribution is 7.08. The molecule has 0 aliphatic rings. The van der Waals surface area contributed by atoms with Crippen molar-refractivity contribution >= 4 is 17.2 Å². The topological polar surface area (TPSA) is 51.2 Å². The Kier molecular flexibility index (Phi) is 5.98. The zero-order chi connectivity index (χ0) is 19.9. The fourth-order valence-corrected chi connectivity index (χ4v) is 3.61. The van der Waals surface area contributed by atoms with Crippen molar-refractivity contribution in [1.82, 2.24) is 10.3 Å². The Hall–Kier alpha value is -3.44. The maximum atomic E-state index is 12.1. The van der Waals surface area contributed by atoms with E-state index in [-0.39, 0.29) is 12.5 Å². The van der Waals surface area contributed by atoms with Gasteiger partial charge in [-0.25, -0.2) is 0 Å². The predicted molar refractivity (Wildman–Crippen MR) is 117 cm³/mol. The molecule has 4 nitrogen and oxygen atoms in total. The maximum absolute atomic E-state index is 12.1. The Labute approximate surface area is 173 Å². The summed E-state index contributed by atoms with van der Waals surface area (Å²) in [7, 11) is 0. The number of pyridine rings is 1. The first kappa shape index (κ1) is 18.9. The highest BCUT2D eigenvalue weighted by atomic mass is 32.1. The summed E-state index contributed by atoms with van der Waals surface area (Å²) in [6, 6.07) is 22.0. The Balaban J connectivity index is 1.28. The van der Waals surface area contributed by atoms with Gasteiger partial charge in [0.2, 0.25) is 0 Å². The van der Waals surface area contributed by atoms with Gasteiger partial charge in [0, 0.05) is 24.5 Å². The molecule has 0 aliphatic carbocycles. The molecule has 2 aromatic heterocycles. The van der Waals surface area contributed by atoms with Crippen LogP contribution in [0.1, 0.15) is 5.56 Å². The molecule has 0 spiro atoms. The fraction of sp³-hybridized carbons (Fsp3) is 0.0833. The SMILES string of the molecule is O=C(COc1ccc(-c2ccccc2)cc1)NCc1cncc(-c2ccsc2)c1. The van der Waals surface area contributed by atoms with Crippen molar-refractivity contribution in [2.75, 3.05) is 6.61 Å². The van der Waals surface area contributed by atoms with Crippen LogP contribution in [0.4, 0.5) is 0 Å². The molecule has 2 aromatic carbocycles. The molecule has 144 valence electrons. The second-order valence-corrected chi connectivity index (χ2v) is 7.33. The van der Waals surface area contributed by atoms with Crippen molar-refractivity contribution < 1.29 is 9.53 Å². The number of thiophene rings is 1. The molecule has 0 aliphatic heterocycles. The lowest BCUT2D eigenvalue weighted by Gasteiger charge is -2.09. The summed E-state index contributed by atoms with van der Waals surface area (Å²) < 4.78 is 5.60. The third kappa shape index (κ3) is 5.09. The van der Waals surface area contributed by atoms with Gasteiger partial charge in [0.1, 0.15) is 5.75 Å². The number of hydrogen-bond donors (Lipinski definition) is 1. The van der Waals surface area contributed by atoms with Gasteiger partial charge in [-0.05, 0) is 57.3 Å². The van der Waals surface area contributed by atoms with Crippen LogP contribution in [-0.2, 0) is 11.3 Å². The molecule has 2 heterocycles. The van der Waals surface area contributed by atoms with Gasteiger partial charge in [-0.2, -0.15) is 11.3 Å². The van der Waals surface area contributed by atoms with E-state index in [1.807, 2.05) is 60.1 Å². The van der Waals surface area contributed by atoms with E-state index in [1.54, 1.807) is 17.5 Å². The number of carbonyl (C=O) groups is 1. The minimum absolute atomic E-state index is 0.0255. The van der Waals surface area contributed by atoms with E-state index >= 15 is 0 Å². The van der Waals surface area contributed by atoms with Gasteiger partial charge >= 0.3 is 0 Å². The molecular weight excluding hydrogens is 380 g/mol. The second-order valence-electron chi connectivity index (χ2n) is 6.55. The van der Waals surface area contributed by atoms with Crippen LogP contribution in [0.15, 0.2) is 89.9 Å². The molecule has 1 amide bonds. The molecule has 0 saturated heterocycles. The van der Waals surface area contributed by atoms with Crippen LogP contribution in [0.5, 0.6) is 5.75 Å². The summed E-state index contributed by atoms with van der Waals surface area (Å²) in [5, 5.41) is 6.99. The minimum Gasteiger partial charge on any atom is -0.484 e. The highest BCUT2D eigenvalue weighted by Gasteiger charge is 2.05. The number of aromatic nitrogens is 1. The lowest BCUT2D eigenvalue weighted by Crippen LogP contribution is -2.28. The number of rotatable bonds is 7. The van der Waals surface area contributed by atoms with Gasteiger partial charge < -0.3 is 10.1 Å². The van der Waals surface area contributed by atoms with Crippen molar-refractivity contribution in [2.24, 2.45) is 0 Å². The summed E-state index contributed by atoms with van der Waals surface area (Å²) >= 11 is 1.65. The fourth-order valence-electron chi connectivity index (χ4n) is 2.95. The van der Waals surface area contributed by atoms with Gasteiger partial charge in [0.15, 0.2) is 6.61 Å². The predicted octanol–water partition coefficient (Wildman–Crippen LogP) is 5.17. The quantitative estimate of drug-likeness (QED) is 0.465. The van der Waals surface area contributed by atoms with E-state index in [2.05, 4.69) is 33.9 Å². The first-order valence-corrected chi connectivity index (χ1v) is 10.2. The number of amides is 1. The van der Waals surface area contributed by atoms with Gasteiger partial charge in [0.25, 0.3) is 5.91 Å². The van der Waals surface area contributed by atoms with E-state index in [0.29, 0.717) is 12.3 Å².